The van der Waals surface area contributed by atoms with Crippen LogP contribution in [0.3, 0.4) is 0 Å². The Hall–Kier alpha value is -6.81. The van der Waals surface area contributed by atoms with Gasteiger partial charge in [-0.2, -0.15) is 4.98 Å². The van der Waals surface area contributed by atoms with Crippen LogP contribution >= 0.6 is 0 Å². The third-order valence-electron chi connectivity index (χ3n) is 13.4. The molecule has 3 fully saturated rings. The van der Waals surface area contributed by atoms with E-state index >= 15 is 0 Å². The van der Waals surface area contributed by atoms with Crippen molar-refractivity contribution in [2.45, 2.75) is 71.4 Å². The Labute approximate surface area is 377 Å². The molecule has 1 unspecified atom stereocenters. The molecule has 4 aliphatic rings. The van der Waals surface area contributed by atoms with Crippen LogP contribution in [0.1, 0.15) is 80.6 Å². The second-order valence-electron chi connectivity index (χ2n) is 18.9. The lowest BCUT2D eigenvalue weighted by atomic mass is 9.95. The van der Waals surface area contributed by atoms with Crippen LogP contribution < -0.4 is 30.1 Å². The first-order chi connectivity index (χ1) is 31.3. The third kappa shape index (κ3) is 8.50. The van der Waals surface area contributed by atoms with E-state index in [1.54, 1.807) is 11.2 Å². The molecule has 7 heterocycles. The van der Waals surface area contributed by atoms with Crippen molar-refractivity contribution >= 4 is 45.9 Å². The summed E-state index contributed by atoms with van der Waals surface area (Å²) < 4.78 is 11.8. The molecule has 3 N–H and O–H groups in total. The molecule has 16 nitrogen and oxygen atoms in total. The first-order valence-corrected chi connectivity index (χ1v) is 22.7. The first kappa shape index (κ1) is 42.2. The molecule has 16 heteroatoms. The van der Waals surface area contributed by atoms with Gasteiger partial charge < -0.3 is 29.4 Å². The molecular formula is C49H55N11O5. The van der Waals surface area contributed by atoms with Crippen molar-refractivity contribution in [1.82, 2.24) is 40.6 Å². The van der Waals surface area contributed by atoms with Crippen molar-refractivity contribution < 1.29 is 23.6 Å². The molecule has 0 bridgehead atoms. The highest BCUT2D eigenvalue weighted by Gasteiger charge is 2.35. The van der Waals surface area contributed by atoms with E-state index in [1.807, 2.05) is 58.9 Å². The number of urea groups is 1. The number of piperazine rings is 1. The molecule has 65 heavy (non-hydrogen) atoms. The molecule has 3 saturated heterocycles. The van der Waals surface area contributed by atoms with Gasteiger partial charge in [-0.05, 0) is 92.3 Å². The Morgan fingerprint density at radius 1 is 0.923 bits per heavy atom. The van der Waals surface area contributed by atoms with E-state index in [4.69, 9.17) is 14.2 Å². The van der Waals surface area contributed by atoms with Gasteiger partial charge in [-0.1, -0.05) is 44.1 Å². The maximum atomic E-state index is 13.0. The quantitative estimate of drug-likeness (QED) is 0.136. The molecule has 4 aliphatic heterocycles. The summed E-state index contributed by atoms with van der Waals surface area (Å²) in [5.41, 5.74) is 9.26. The highest BCUT2D eigenvalue weighted by molar-refractivity contribution is 6.05. The molecule has 0 aliphatic carbocycles. The van der Waals surface area contributed by atoms with Crippen LogP contribution in [0.5, 0.6) is 5.75 Å². The topological polar surface area (TPSA) is 178 Å². The Morgan fingerprint density at radius 2 is 1.71 bits per heavy atom. The summed E-state index contributed by atoms with van der Waals surface area (Å²) >= 11 is 0. The summed E-state index contributed by atoms with van der Waals surface area (Å²) in [6, 6.07) is 22.5. The van der Waals surface area contributed by atoms with Gasteiger partial charge in [0.15, 0.2) is 5.82 Å². The average Bonchev–Trinajstić information content (AvgIpc) is 3.99. The zero-order valence-corrected chi connectivity index (χ0v) is 37.6. The van der Waals surface area contributed by atoms with Crippen molar-refractivity contribution in [3.8, 4) is 28.3 Å². The van der Waals surface area contributed by atoms with Crippen LogP contribution in [0.15, 0.2) is 77.6 Å². The number of aromatic nitrogens is 5. The number of nitrogens with zero attached hydrogens (tertiary/aromatic N) is 8. The van der Waals surface area contributed by atoms with Gasteiger partial charge in [0, 0.05) is 91.2 Å². The number of amides is 4. The van der Waals surface area contributed by atoms with Crippen LogP contribution in [-0.2, 0) is 10.2 Å². The van der Waals surface area contributed by atoms with Crippen LogP contribution in [0, 0.1) is 12.8 Å². The number of nitrogens with one attached hydrogen (secondary N) is 3. The molecule has 3 aromatic carbocycles. The summed E-state index contributed by atoms with van der Waals surface area (Å²) in [7, 11) is 0. The Balaban J connectivity index is 0.750. The zero-order valence-electron chi connectivity index (χ0n) is 37.6. The number of fused-ring (bicyclic) bond motifs is 4. The number of benzene rings is 3. The lowest BCUT2D eigenvalue weighted by Gasteiger charge is -2.47. The predicted octanol–water partition coefficient (Wildman–Crippen LogP) is 7.02. The van der Waals surface area contributed by atoms with Crippen molar-refractivity contribution in [2.75, 3.05) is 67.1 Å². The number of aryl methyl sites for hydroxylation is 1. The number of carbonyl (C=O) groups excluding carboxylic acids is 3. The second kappa shape index (κ2) is 17.0. The van der Waals surface area contributed by atoms with E-state index in [2.05, 4.69) is 87.9 Å². The fourth-order valence-electron chi connectivity index (χ4n) is 9.75. The zero-order chi connectivity index (χ0) is 45.0. The monoisotopic (exact) mass is 877 g/mol. The predicted molar refractivity (Wildman–Crippen MR) is 248 cm³/mol. The highest BCUT2D eigenvalue weighted by Crippen LogP contribution is 2.40. The van der Waals surface area contributed by atoms with Gasteiger partial charge in [0.1, 0.15) is 24.3 Å². The summed E-state index contributed by atoms with van der Waals surface area (Å²) in [5, 5.41) is 10.3. The molecule has 336 valence electrons. The first-order valence-electron chi connectivity index (χ1n) is 22.7. The van der Waals surface area contributed by atoms with Crippen LogP contribution in [0.4, 0.5) is 21.9 Å². The minimum Gasteiger partial charge on any atom is -0.489 e. The van der Waals surface area contributed by atoms with Crippen molar-refractivity contribution in [1.29, 1.82) is 0 Å². The van der Waals surface area contributed by atoms with E-state index in [9.17, 15) is 14.4 Å². The van der Waals surface area contributed by atoms with E-state index in [0.29, 0.717) is 37.4 Å². The van der Waals surface area contributed by atoms with Crippen LogP contribution in [-0.4, -0.2) is 106 Å². The van der Waals surface area contributed by atoms with Gasteiger partial charge >= 0.3 is 17.8 Å². The number of hydrogen-bond acceptors (Lipinski definition) is 12. The Bertz CT molecular complexity index is 2770. The highest BCUT2D eigenvalue weighted by atomic mass is 16.5. The molecule has 3 aromatic heterocycles. The van der Waals surface area contributed by atoms with Gasteiger partial charge in [0.2, 0.25) is 5.91 Å². The SMILES string of the molecule is Cc1cc(-c2ncnc3[nH]c(-c4ccc5c(c4)OCC4CN(CC6CCN(c7ccc(N8CCC(=O)NC8=O)cc7)CC6)CCN54)cc23)ccc1[C@@H](C)NC(=O)c1nc(C(C)(C)C)no1. The van der Waals surface area contributed by atoms with Gasteiger partial charge in [-0.25, -0.2) is 14.8 Å². The Morgan fingerprint density at radius 3 is 2.46 bits per heavy atom. The molecular weight excluding hydrogens is 823 g/mol. The van der Waals surface area contributed by atoms with Gasteiger partial charge in [-0.15, -0.1) is 0 Å². The van der Waals surface area contributed by atoms with Crippen LogP contribution in [0.2, 0.25) is 0 Å². The normalized spacial score (nSPS) is 18.8. The Kier molecular flexibility index (Phi) is 11.0. The minimum atomic E-state index is -0.411. The maximum absolute atomic E-state index is 13.0. The average molecular weight is 878 g/mol. The number of carbonyl (C=O) groups is 3. The number of aromatic amines is 1. The van der Waals surface area contributed by atoms with Crippen molar-refractivity contribution in [3.05, 3.63) is 95.9 Å². The van der Waals surface area contributed by atoms with Crippen molar-refractivity contribution in [3.63, 3.8) is 0 Å². The molecule has 0 radical (unpaired) electrons. The summed E-state index contributed by atoms with van der Waals surface area (Å²) in [4.78, 5) is 63.2. The van der Waals surface area contributed by atoms with Gasteiger partial charge in [-0.3, -0.25) is 24.7 Å². The minimum absolute atomic E-state index is 0.0500. The molecule has 4 amide bonds. The number of rotatable bonds is 9. The van der Waals surface area contributed by atoms with E-state index in [1.165, 1.54) is 5.69 Å². The fraction of sp³-hybridized carbons (Fsp3) is 0.408. The lowest BCUT2D eigenvalue weighted by molar-refractivity contribution is -0.120. The van der Waals surface area contributed by atoms with E-state index < -0.39 is 5.91 Å². The number of hydrogen-bond donors (Lipinski definition) is 3. The number of ether oxygens (including phenoxy) is 1. The molecule has 0 spiro atoms. The molecule has 0 saturated carbocycles. The maximum Gasteiger partial charge on any atom is 0.328 e. The molecule has 10 rings (SSSR count). The number of imide groups is 1. The largest absolute Gasteiger partial charge is 0.489 e. The molecule has 2 atom stereocenters. The van der Waals surface area contributed by atoms with Crippen LogP contribution in [0.25, 0.3) is 33.5 Å². The second-order valence-corrected chi connectivity index (χ2v) is 18.9. The number of H-pyrrole nitrogens is 1. The number of piperidine rings is 1. The van der Waals surface area contributed by atoms with Gasteiger partial charge in [0.25, 0.3) is 0 Å². The fourth-order valence-corrected chi connectivity index (χ4v) is 9.75. The van der Waals surface area contributed by atoms with Crippen molar-refractivity contribution in [2.24, 2.45) is 5.92 Å². The smallest absolute Gasteiger partial charge is 0.328 e. The van der Waals surface area contributed by atoms with Gasteiger partial charge in [0.05, 0.1) is 23.5 Å². The molecule has 6 aromatic rings. The summed E-state index contributed by atoms with van der Waals surface area (Å²) in [5.74, 6) is 1.34. The number of anilines is 3. The van der Waals surface area contributed by atoms with E-state index in [0.717, 1.165) is 114 Å². The lowest BCUT2D eigenvalue weighted by Crippen LogP contribution is -2.58. The standard InChI is InChI=1S/C49H55N11O5/c1-29-22-33(6-12-37(29)30(2)52-45(62)46-55-47(56-65-46)49(3,4)5)43-38-24-39(53-44(38)51-28-50-43)32-7-13-40-41(23-32)64-27-36-26-57(20-21-59(36)40)25-31-14-17-58(18-15-31)34-8-10-35(11-9-34)60-19-16-42(61)54-48(60)63/h6-13,22-24,28,30-31,36H,14-21,25-27H2,1-5H3,(H,52,62)(H,50,51,53)(H,54,61,63)/t30-,36?/m1/s1. The summed E-state index contributed by atoms with van der Waals surface area (Å²) in [6.07, 6.45) is 4.19. The summed E-state index contributed by atoms with van der Waals surface area (Å²) in [6.45, 7) is 17.0. The van der Waals surface area contributed by atoms with E-state index in [-0.39, 0.29) is 29.3 Å². The third-order valence-corrected chi connectivity index (χ3v) is 13.4.